The van der Waals surface area contributed by atoms with Gasteiger partial charge in [-0.1, -0.05) is 24.1 Å². The topological polar surface area (TPSA) is 0 Å². The van der Waals surface area contributed by atoms with E-state index in [1.807, 2.05) is 30.3 Å². The Balaban J connectivity index is -0.000000213. The minimum absolute atomic E-state index is 0. The van der Waals surface area contributed by atoms with Gasteiger partial charge in [0.1, 0.15) is 0 Å². The molecular weight excluding hydrogens is 280 g/mol. The van der Waals surface area contributed by atoms with E-state index < -0.39 is 0 Å². The molecule has 0 aliphatic heterocycles. The van der Waals surface area contributed by atoms with Crippen LogP contribution in [0.4, 0.5) is 0 Å². The van der Waals surface area contributed by atoms with Gasteiger partial charge in [-0.2, -0.15) is 0 Å². The molecule has 0 atom stereocenters. The van der Waals surface area contributed by atoms with Crippen LogP contribution in [0, 0.1) is 12.3 Å². The summed E-state index contributed by atoms with van der Waals surface area (Å²) in [6.07, 6.45) is 5.10. The Labute approximate surface area is 104 Å². The average molecular weight is 286 g/mol. The van der Waals surface area contributed by atoms with Gasteiger partial charge in [0.05, 0.1) is 0 Å². The second-order valence-electron chi connectivity index (χ2n) is 1.51. The number of benzene rings is 1. The van der Waals surface area contributed by atoms with Crippen LogP contribution in [0.2, 0.25) is 0 Å². The molecule has 0 unspecified atom stereocenters. The zero-order chi connectivity index (χ0) is 5.82. The molecule has 0 nitrogen and oxygen atoms in total. The molecular formula is C8H6Br2Mg. The first-order chi connectivity index (χ1) is 3.93. The van der Waals surface area contributed by atoms with Gasteiger partial charge in [-0.05, 0) is 12.1 Å². The van der Waals surface area contributed by atoms with E-state index in [-0.39, 0.29) is 57.0 Å². The van der Waals surface area contributed by atoms with Crippen molar-refractivity contribution in [3.05, 3.63) is 35.9 Å². The molecule has 0 saturated heterocycles. The van der Waals surface area contributed by atoms with E-state index in [1.165, 1.54) is 0 Å². The van der Waals surface area contributed by atoms with Crippen LogP contribution in [0.25, 0.3) is 0 Å². The van der Waals surface area contributed by atoms with Crippen molar-refractivity contribution in [2.45, 2.75) is 0 Å². The fourth-order valence-electron chi connectivity index (χ4n) is 0.534. The van der Waals surface area contributed by atoms with Gasteiger partial charge in [-0.25, -0.2) is 0 Å². The molecule has 1 aromatic carbocycles. The molecule has 1 rings (SSSR count). The maximum atomic E-state index is 5.10. The van der Waals surface area contributed by atoms with E-state index in [4.69, 9.17) is 6.42 Å². The summed E-state index contributed by atoms with van der Waals surface area (Å²) in [5, 5.41) is 0. The van der Waals surface area contributed by atoms with E-state index >= 15 is 0 Å². The minimum atomic E-state index is 0. The molecule has 54 valence electrons. The molecule has 1 aromatic rings. The first-order valence-corrected chi connectivity index (χ1v) is 2.45. The third-order valence-corrected chi connectivity index (χ3v) is 0.940. The van der Waals surface area contributed by atoms with Crippen LogP contribution in [0.3, 0.4) is 0 Å². The third kappa shape index (κ3) is 6.89. The van der Waals surface area contributed by atoms with Crippen molar-refractivity contribution in [1.29, 1.82) is 0 Å². The average Bonchev–Trinajstić information content (AvgIpc) is 1.90. The van der Waals surface area contributed by atoms with Gasteiger partial charge in [0.25, 0.3) is 0 Å². The summed E-state index contributed by atoms with van der Waals surface area (Å²) in [5.74, 6) is 2.53. The molecule has 0 N–H and O–H groups in total. The van der Waals surface area contributed by atoms with Gasteiger partial charge in [-0.3, -0.25) is 0 Å². The fourth-order valence-corrected chi connectivity index (χ4v) is 0.534. The smallest absolute Gasteiger partial charge is 1.00 e. The summed E-state index contributed by atoms with van der Waals surface area (Å²) in [4.78, 5) is 0. The second-order valence-corrected chi connectivity index (χ2v) is 1.51. The maximum Gasteiger partial charge on any atom is 2.00 e. The second kappa shape index (κ2) is 10.5. The molecule has 0 spiro atoms. The maximum absolute atomic E-state index is 5.10. The third-order valence-electron chi connectivity index (χ3n) is 0.940. The largest absolute Gasteiger partial charge is 2.00 e. The molecule has 0 aliphatic rings. The van der Waals surface area contributed by atoms with Gasteiger partial charge in [-0.15, -0.1) is 6.42 Å². The number of hydrogen-bond donors (Lipinski definition) is 0. The summed E-state index contributed by atoms with van der Waals surface area (Å²) in [6, 6.07) is 9.60. The molecule has 0 amide bonds. The summed E-state index contributed by atoms with van der Waals surface area (Å²) in [6.45, 7) is 0. The monoisotopic (exact) mass is 284 g/mol. The molecule has 3 heteroatoms. The van der Waals surface area contributed by atoms with Crippen molar-refractivity contribution in [3.63, 3.8) is 0 Å². The molecule has 0 saturated carbocycles. The summed E-state index contributed by atoms with van der Waals surface area (Å²) in [5.41, 5.74) is 0.938. The first-order valence-electron chi connectivity index (χ1n) is 2.45. The Bertz CT molecular complexity index is 203. The minimum Gasteiger partial charge on any atom is -1.00 e. The zero-order valence-corrected chi connectivity index (χ0v) is 10.5. The Morgan fingerprint density at radius 1 is 1.00 bits per heavy atom. The van der Waals surface area contributed by atoms with Crippen LogP contribution in [-0.4, -0.2) is 23.1 Å². The Hall–Kier alpha value is 0.506. The molecule has 0 heterocycles. The van der Waals surface area contributed by atoms with Crippen LogP contribution in [0.5, 0.6) is 0 Å². The van der Waals surface area contributed by atoms with E-state index in [2.05, 4.69) is 5.92 Å². The van der Waals surface area contributed by atoms with Gasteiger partial charge in [0, 0.05) is 5.56 Å². The SMILES string of the molecule is C#Cc1ccccc1.[Br-].[Br-].[Mg+2]. The van der Waals surface area contributed by atoms with Crippen LogP contribution in [0.15, 0.2) is 30.3 Å². The van der Waals surface area contributed by atoms with Crippen molar-refractivity contribution < 1.29 is 34.0 Å². The van der Waals surface area contributed by atoms with Crippen molar-refractivity contribution in [3.8, 4) is 12.3 Å². The van der Waals surface area contributed by atoms with Crippen LogP contribution >= 0.6 is 0 Å². The van der Waals surface area contributed by atoms with E-state index in [9.17, 15) is 0 Å². The van der Waals surface area contributed by atoms with Crippen LogP contribution in [-0.2, 0) is 0 Å². The van der Waals surface area contributed by atoms with Crippen molar-refractivity contribution in [2.24, 2.45) is 0 Å². The predicted molar refractivity (Wildman–Crippen MR) is 40.1 cm³/mol. The van der Waals surface area contributed by atoms with E-state index in [1.54, 1.807) is 0 Å². The van der Waals surface area contributed by atoms with Gasteiger partial charge in [0.15, 0.2) is 0 Å². The molecule has 0 radical (unpaired) electrons. The van der Waals surface area contributed by atoms with Crippen LogP contribution in [0.1, 0.15) is 5.56 Å². The number of halogens is 2. The van der Waals surface area contributed by atoms with Gasteiger partial charge in [0.2, 0.25) is 0 Å². The van der Waals surface area contributed by atoms with Gasteiger partial charge < -0.3 is 34.0 Å². The first kappa shape index (κ1) is 17.6. The number of hydrogen-bond acceptors (Lipinski definition) is 0. The van der Waals surface area contributed by atoms with Crippen LogP contribution < -0.4 is 34.0 Å². The molecule has 0 fully saturated rings. The summed E-state index contributed by atoms with van der Waals surface area (Å²) in [7, 11) is 0. The summed E-state index contributed by atoms with van der Waals surface area (Å²) >= 11 is 0. The number of terminal acetylenes is 1. The Morgan fingerprint density at radius 2 is 1.45 bits per heavy atom. The number of rotatable bonds is 0. The fraction of sp³-hybridized carbons (Fsp3) is 0. The summed E-state index contributed by atoms with van der Waals surface area (Å²) < 4.78 is 0. The predicted octanol–water partition coefficient (Wildman–Crippen LogP) is -4.70. The van der Waals surface area contributed by atoms with Crippen molar-refractivity contribution in [1.82, 2.24) is 0 Å². The van der Waals surface area contributed by atoms with Crippen molar-refractivity contribution in [2.75, 3.05) is 0 Å². The van der Waals surface area contributed by atoms with E-state index in [0.29, 0.717) is 0 Å². The standard InChI is InChI=1S/C8H6.2BrH.Mg/c1-2-8-6-4-3-5-7-8;;;/h1,3-7H;2*1H;/q;;;+2/p-2. The molecule has 11 heavy (non-hydrogen) atoms. The van der Waals surface area contributed by atoms with E-state index in [0.717, 1.165) is 5.56 Å². The molecule has 0 aliphatic carbocycles. The normalized spacial score (nSPS) is 5.73. The molecule has 0 bridgehead atoms. The Kier molecular flexibility index (Phi) is 16.8. The zero-order valence-electron chi connectivity index (χ0n) is 5.93. The molecule has 0 aromatic heterocycles. The Morgan fingerprint density at radius 3 is 1.73 bits per heavy atom. The van der Waals surface area contributed by atoms with Crippen molar-refractivity contribution >= 4 is 23.1 Å². The van der Waals surface area contributed by atoms with Gasteiger partial charge >= 0.3 is 23.1 Å². The quantitative estimate of drug-likeness (QED) is 0.332.